The molecule has 78 valence electrons. The van der Waals surface area contributed by atoms with Gasteiger partial charge in [0.2, 0.25) is 0 Å². The highest BCUT2D eigenvalue weighted by atomic mass is 32.1. The number of aliphatic carboxylic acids is 1. The molecule has 0 spiro atoms. The lowest BCUT2D eigenvalue weighted by Gasteiger charge is -1.92. The smallest absolute Gasteiger partial charge is 0.303 e. The number of hydrogen-bond acceptors (Lipinski definition) is 2. The van der Waals surface area contributed by atoms with Gasteiger partial charge in [-0.1, -0.05) is 12.1 Å². The van der Waals surface area contributed by atoms with Gasteiger partial charge in [-0.25, -0.2) is 0 Å². The van der Waals surface area contributed by atoms with E-state index in [-0.39, 0.29) is 6.42 Å². The van der Waals surface area contributed by atoms with Gasteiger partial charge in [-0.15, -0.1) is 11.3 Å². The highest BCUT2D eigenvalue weighted by Crippen LogP contribution is 2.28. The maximum absolute atomic E-state index is 10.5. The average Bonchev–Trinajstić information content (AvgIpc) is 2.59. The quantitative estimate of drug-likeness (QED) is 0.862. The van der Waals surface area contributed by atoms with E-state index in [0.717, 1.165) is 4.88 Å². The van der Waals surface area contributed by atoms with Crippen LogP contribution in [0.15, 0.2) is 24.3 Å². The first-order valence-corrected chi connectivity index (χ1v) is 5.68. The fourth-order valence-electron chi connectivity index (χ4n) is 1.61. The van der Waals surface area contributed by atoms with E-state index < -0.39 is 5.97 Å². The van der Waals surface area contributed by atoms with Crippen molar-refractivity contribution >= 4 is 27.4 Å². The zero-order valence-electron chi connectivity index (χ0n) is 8.49. The number of fused-ring (bicyclic) bond motifs is 1. The van der Waals surface area contributed by atoms with Gasteiger partial charge in [0.1, 0.15) is 0 Å². The van der Waals surface area contributed by atoms with E-state index in [1.54, 1.807) is 11.3 Å². The van der Waals surface area contributed by atoms with E-state index in [1.807, 2.05) is 6.07 Å². The summed E-state index contributed by atoms with van der Waals surface area (Å²) in [4.78, 5) is 11.6. The van der Waals surface area contributed by atoms with Gasteiger partial charge in [-0.2, -0.15) is 0 Å². The minimum Gasteiger partial charge on any atom is -0.481 e. The van der Waals surface area contributed by atoms with Gasteiger partial charge < -0.3 is 5.11 Å². The second kappa shape index (κ2) is 4.03. The number of carboxylic acid groups (broad SMARTS) is 1. The highest BCUT2D eigenvalue weighted by molar-refractivity contribution is 7.19. The van der Waals surface area contributed by atoms with Crippen LogP contribution in [-0.2, 0) is 11.2 Å². The Labute approximate surface area is 92.2 Å². The fourth-order valence-corrected chi connectivity index (χ4v) is 2.75. The van der Waals surface area contributed by atoms with Gasteiger partial charge in [0.15, 0.2) is 0 Å². The number of rotatable bonds is 3. The van der Waals surface area contributed by atoms with Crippen LogP contribution < -0.4 is 0 Å². The summed E-state index contributed by atoms with van der Waals surface area (Å²) in [5, 5.41) is 9.86. The second-order valence-electron chi connectivity index (χ2n) is 3.59. The Morgan fingerprint density at radius 2 is 2.27 bits per heavy atom. The number of carbonyl (C=O) groups is 1. The van der Waals surface area contributed by atoms with Crippen LogP contribution in [0.3, 0.4) is 0 Å². The molecule has 0 fully saturated rings. The largest absolute Gasteiger partial charge is 0.481 e. The lowest BCUT2D eigenvalue weighted by atomic mass is 10.1. The molecule has 2 nitrogen and oxygen atoms in total. The Morgan fingerprint density at radius 3 is 2.93 bits per heavy atom. The van der Waals surface area contributed by atoms with Gasteiger partial charge in [-0.05, 0) is 36.4 Å². The summed E-state index contributed by atoms with van der Waals surface area (Å²) in [6, 6.07) is 8.31. The van der Waals surface area contributed by atoms with Crippen LogP contribution in [0, 0.1) is 6.92 Å². The molecule has 2 rings (SSSR count). The van der Waals surface area contributed by atoms with Crippen molar-refractivity contribution in [2.75, 3.05) is 0 Å². The summed E-state index contributed by atoms with van der Waals surface area (Å²) in [6.07, 6.45) is 0.847. The Balaban J connectivity index is 2.31. The van der Waals surface area contributed by atoms with Gasteiger partial charge in [0, 0.05) is 9.58 Å². The predicted molar refractivity (Wildman–Crippen MR) is 62.5 cm³/mol. The minimum atomic E-state index is -0.732. The van der Waals surface area contributed by atoms with Crippen LogP contribution in [0.5, 0.6) is 0 Å². The van der Waals surface area contributed by atoms with E-state index in [1.165, 1.54) is 15.6 Å². The lowest BCUT2D eigenvalue weighted by molar-refractivity contribution is -0.136. The van der Waals surface area contributed by atoms with Crippen molar-refractivity contribution in [3.05, 3.63) is 34.7 Å². The normalized spacial score (nSPS) is 10.7. The van der Waals surface area contributed by atoms with Crippen LogP contribution in [0.4, 0.5) is 0 Å². The molecule has 0 amide bonds. The zero-order valence-corrected chi connectivity index (χ0v) is 9.30. The van der Waals surface area contributed by atoms with Crippen molar-refractivity contribution in [1.29, 1.82) is 0 Å². The third kappa shape index (κ3) is 2.18. The van der Waals surface area contributed by atoms with Crippen LogP contribution >= 0.6 is 11.3 Å². The van der Waals surface area contributed by atoms with Crippen molar-refractivity contribution in [2.24, 2.45) is 0 Å². The molecule has 0 radical (unpaired) electrons. The molecule has 0 aliphatic heterocycles. The van der Waals surface area contributed by atoms with Crippen LogP contribution in [0.2, 0.25) is 0 Å². The van der Waals surface area contributed by atoms with Gasteiger partial charge >= 0.3 is 5.97 Å². The second-order valence-corrected chi connectivity index (χ2v) is 4.76. The Morgan fingerprint density at radius 1 is 1.47 bits per heavy atom. The summed E-state index contributed by atoms with van der Waals surface area (Å²) in [7, 11) is 0. The summed E-state index contributed by atoms with van der Waals surface area (Å²) >= 11 is 1.69. The third-order valence-corrected chi connectivity index (χ3v) is 3.58. The van der Waals surface area contributed by atoms with E-state index in [9.17, 15) is 4.79 Å². The van der Waals surface area contributed by atoms with E-state index >= 15 is 0 Å². The van der Waals surface area contributed by atoms with Crippen molar-refractivity contribution < 1.29 is 9.90 Å². The molecule has 0 aliphatic carbocycles. The highest BCUT2D eigenvalue weighted by Gasteiger charge is 2.05. The molecular formula is C12H12O2S. The van der Waals surface area contributed by atoms with Crippen molar-refractivity contribution in [3.8, 4) is 0 Å². The third-order valence-electron chi connectivity index (χ3n) is 2.42. The first-order valence-electron chi connectivity index (χ1n) is 4.86. The minimum absolute atomic E-state index is 0.214. The SMILES string of the molecule is Cc1cccc2sc(CCC(=O)O)cc12. The lowest BCUT2D eigenvalue weighted by Crippen LogP contribution is -1.95. The number of thiophene rings is 1. The van der Waals surface area contributed by atoms with Crippen LogP contribution in [0.25, 0.3) is 10.1 Å². The van der Waals surface area contributed by atoms with Gasteiger partial charge in [-0.3, -0.25) is 4.79 Å². The van der Waals surface area contributed by atoms with Crippen LogP contribution in [-0.4, -0.2) is 11.1 Å². The molecule has 1 heterocycles. The molecular weight excluding hydrogens is 208 g/mol. The maximum atomic E-state index is 10.5. The summed E-state index contributed by atoms with van der Waals surface area (Å²) in [5.41, 5.74) is 1.25. The van der Waals surface area contributed by atoms with Crippen molar-refractivity contribution in [1.82, 2.24) is 0 Å². The Bertz CT molecular complexity index is 499. The molecule has 0 saturated heterocycles. The molecule has 1 aromatic heterocycles. The molecule has 1 N–H and O–H groups in total. The van der Waals surface area contributed by atoms with E-state index in [2.05, 4.69) is 25.1 Å². The molecule has 0 atom stereocenters. The summed E-state index contributed by atoms with van der Waals surface area (Å²) < 4.78 is 1.25. The average molecular weight is 220 g/mol. The molecule has 15 heavy (non-hydrogen) atoms. The number of aryl methyl sites for hydroxylation is 2. The fraction of sp³-hybridized carbons (Fsp3) is 0.250. The molecule has 0 unspecified atom stereocenters. The molecule has 2 aromatic rings. The molecule has 0 bridgehead atoms. The van der Waals surface area contributed by atoms with Crippen molar-refractivity contribution in [2.45, 2.75) is 19.8 Å². The topological polar surface area (TPSA) is 37.3 Å². The predicted octanol–water partition coefficient (Wildman–Crippen LogP) is 3.23. The standard InChI is InChI=1S/C12H12O2S/c1-8-3-2-4-11-10(8)7-9(15-11)5-6-12(13)14/h2-4,7H,5-6H2,1H3,(H,13,14). The molecule has 1 aromatic carbocycles. The number of hydrogen-bond donors (Lipinski definition) is 1. The molecule has 0 saturated carbocycles. The number of carboxylic acids is 1. The van der Waals surface area contributed by atoms with Crippen LogP contribution in [0.1, 0.15) is 16.9 Å². The molecule has 3 heteroatoms. The summed E-state index contributed by atoms with van der Waals surface area (Å²) in [5.74, 6) is -0.732. The van der Waals surface area contributed by atoms with E-state index in [4.69, 9.17) is 5.11 Å². The Kier molecular flexibility index (Phi) is 2.73. The van der Waals surface area contributed by atoms with Crippen molar-refractivity contribution in [3.63, 3.8) is 0 Å². The van der Waals surface area contributed by atoms with Gasteiger partial charge in [0.25, 0.3) is 0 Å². The monoisotopic (exact) mass is 220 g/mol. The van der Waals surface area contributed by atoms with E-state index in [0.29, 0.717) is 6.42 Å². The van der Waals surface area contributed by atoms with Gasteiger partial charge in [0.05, 0.1) is 6.42 Å². The zero-order chi connectivity index (χ0) is 10.8. The first-order chi connectivity index (χ1) is 7.16. The maximum Gasteiger partial charge on any atom is 0.303 e. The first kappa shape index (κ1) is 10.2. The Hall–Kier alpha value is -1.35. The molecule has 0 aliphatic rings. The number of benzene rings is 1. The summed E-state index contributed by atoms with van der Waals surface area (Å²) in [6.45, 7) is 2.08.